The minimum Gasteiger partial charge on any atom is -0.383 e. The molecule has 0 saturated carbocycles. The molecule has 25 heavy (non-hydrogen) atoms. The minimum atomic E-state index is -4.00. The van der Waals surface area contributed by atoms with Crippen LogP contribution in [0.15, 0.2) is 60.8 Å². The van der Waals surface area contributed by atoms with Gasteiger partial charge < -0.3 is 5.32 Å². The average Bonchev–Trinajstić information content (AvgIpc) is 3.01. The van der Waals surface area contributed by atoms with Crippen molar-refractivity contribution in [3.63, 3.8) is 0 Å². The Labute approximate surface area is 146 Å². The molecule has 6 nitrogen and oxygen atoms in total. The summed E-state index contributed by atoms with van der Waals surface area (Å²) in [5.74, 6) is -0.352. The van der Waals surface area contributed by atoms with Gasteiger partial charge in [0.15, 0.2) is 0 Å². The standard InChI is InChI=1S/C18H19N3O3S/c1-21-11-9-18(20-21)16-13-15(14-5-3-2-4-6-14)7-8-17(16)19-10-12-25(22,23)24/h2-9,11,13,19H,10,12H2,1H3,(H,22,23,24). The SMILES string of the molecule is Cn1ccc(-c2cc(-c3ccccc3)ccc2NCCS(=O)(=O)O)n1. The van der Waals surface area contributed by atoms with E-state index in [4.69, 9.17) is 4.55 Å². The molecule has 0 amide bonds. The number of aromatic nitrogens is 2. The molecule has 2 N–H and O–H groups in total. The van der Waals surface area contributed by atoms with Gasteiger partial charge in [0.25, 0.3) is 10.1 Å². The molecular weight excluding hydrogens is 338 g/mol. The molecule has 1 aromatic heterocycles. The Balaban J connectivity index is 1.97. The van der Waals surface area contributed by atoms with Crippen LogP contribution in [0.4, 0.5) is 5.69 Å². The number of aryl methyl sites for hydroxylation is 1. The van der Waals surface area contributed by atoms with Crippen LogP contribution in [0.3, 0.4) is 0 Å². The van der Waals surface area contributed by atoms with Crippen LogP contribution in [0.1, 0.15) is 0 Å². The Bertz CT molecular complexity index is 966. The predicted molar refractivity (Wildman–Crippen MR) is 99.0 cm³/mol. The fourth-order valence-electron chi connectivity index (χ4n) is 2.59. The molecule has 0 aliphatic carbocycles. The van der Waals surface area contributed by atoms with Crippen molar-refractivity contribution < 1.29 is 13.0 Å². The Hall–Kier alpha value is -2.64. The molecule has 0 radical (unpaired) electrons. The summed E-state index contributed by atoms with van der Waals surface area (Å²) in [6.07, 6.45) is 1.85. The van der Waals surface area contributed by atoms with Gasteiger partial charge >= 0.3 is 0 Å². The smallest absolute Gasteiger partial charge is 0.266 e. The Morgan fingerprint density at radius 1 is 1.08 bits per heavy atom. The highest BCUT2D eigenvalue weighted by atomic mass is 32.2. The van der Waals surface area contributed by atoms with E-state index in [2.05, 4.69) is 10.4 Å². The summed E-state index contributed by atoms with van der Waals surface area (Å²) in [4.78, 5) is 0. The molecule has 2 aromatic carbocycles. The molecule has 1 heterocycles. The molecule has 130 valence electrons. The molecule has 0 fully saturated rings. The second-order valence-electron chi connectivity index (χ2n) is 5.71. The zero-order valence-electron chi connectivity index (χ0n) is 13.8. The lowest BCUT2D eigenvalue weighted by atomic mass is 10.00. The number of hydrogen-bond donors (Lipinski definition) is 2. The summed E-state index contributed by atoms with van der Waals surface area (Å²) in [5, 5.41) is 7.51. The zero-order valence-corrected chi connectivity index (χ0v) is 14.6. The van der Waals surface area contributed by atoms with E-state index in [-0.39, 0.29) is 12.3 Å². The summed E-state index contributed by atoms with van der Waals surface area (Å²) in [5.41, 5.74) is 4.56. The van der Waals surface area contributed by atoms with E-state index in [0.717, 1.165) is 28.1 Å². The van der Waals surface area contributed by atoms with Gasteiger partial charge in [-0.25, -0.2) is 0 Å². The molecule has 0 aliphatic heterocycles. The highest BCUT2D eigenvalue weighted by Gasteiger charge is 2.11. The molecule has 0 bridgehead atoms. The first-order valence-corrected chi connectivity index (χ1v) is 9.42. The fraction of sp³-hybridized carbons (Fsp3) is 0.167. The van der Waals surface area contributed by atoms with Gasteiger partial charge in [-0.1, -0.05) is 36.4 Å². The van der Waals surface area contributed by atoms with E-state index in [9.17, 15) is 8.42 Å². The van der Waals surface area contributed by atoms with Crippen LogP contribution >= 0.6 is 0 Å². The molecule has 3 aromatic rings. The second kappa shape index (κ2) is 7.08. The zero-order chi connectivity index (χ0) is 17.9. The maximum absolute atomic E-state index is 10.9. The first-order valence-electron chi connectivity index (χ1n) is 7.81. The van der Waals surface area contributed by atoms with Gasteiger partial charge in [0.2, 0.25) is 0 Å². The van der Waals surface area contributed by atoms with Crippen LogP contribution in [0.2, 0.25) is 0 Å². The van der Waals surface area contributed by atoms with Gasteiger partial charge in [-0.3, -0.25) is 9.23 Å². The number of nitrogens with zero attached hydrogens (tertiary/aromatic N) is 2. The lowest BCUT2D eigenvalue weighted by Crippen LogP contribution is -2.15. The highest BCUT2D eigenvalue weighted by molar-refractivity contribution is 7.85. The molecule has 3 rings (SSSR count). The number of anilines is 1. The van der Waals surface area contributed by atoms with E-state index in [0.29, 0.717) is 0 Å². The molecule has 0 unspecified atom stereocenters. The maximum atomic E-state index is 10.9. The predicted octanol–water partition coefficient (Wildman–Crippen LogP) is 3.05. The number of rotatable bonds is 6. The Kier molecular flexibility index (Phi) is 4.87. The molecule has 7 heteroatoms. The number of nitrogens with one attached hydrogen (secondary N) is 1. The molecule has 0 aliphatic rings. The summed E-state index contributed by atoms with van der Waals surface area (Å²) in [7, 11) is -2.16. The normalized spacial score (nSPS) is 11.4. The van der Waals surface area contributed by atoms with E-state index in [1.165, 1.54) is 0 Å². The van der Waals surface area contributed by atoms with Gasteiger partial charge in [-0.2, -0.15) is 13.5 Å². The van der Waals surface area contributed by atoms with Crippen molar-refractivity contribution in [3.05, 3.63) is 60.8 Å². The largest absolute Gasteiger partial charge is 0.383 e. The third kappa shape index (κ3) is 4.46. The lowest BCUT2D eigenvalue weighted by molar-refractivity contribution is 0.484. The van der Waals surface area contributed by atoms with Crippen molar-refractivity contribution in [2.75, 3.05) is 17.6 Å². The van der Waals surface area contributed by atoms with E-state index >= 15 is 0 Å². The van der Waals surface area contributed by atoms with Crippen LogP contribution < -0.4 is 5.32 Å². The summed E-state index contributed by atoms with van der Waals surface area (Å²) >= 11 is 0. The van der Waals surface area contributed by atoms with Gasteiger partial charge in [0.1, 0.15) is 0 Å². The molecular formula is C18H19N3O3S. The summed E-state index contributed by atoms with van der Waals surface area (Å²) < 4.78 is 32.4. The van der Waals surface area contributed by atoms with Gasteiger partial charge in [-0.05, 0) is 29.3 Å². The quantitative estimate of drug-likeness (QED) is 0.663. The second-order valence-corrected chi connectivity index (χ2v) is 7.29. The molecule has 0 atom stereocenters. The van der Waals surface area contributed by atoms with Crippen LogP contribution in [0, 0.1) is 0 Å². The van der Waals surface area contributed by atoms with Crippen molar-refractivity contribution in [2.45, 2.75) is 0 Å². The third-order valence-electron chi connectivity index (χ3n) is 3.79. The van der Waals surface area contributed by atoms with Crippen LogP contribution in [-0.2, 0) is 17.2 Å². The van der Waals surface area contributed by atoms with Crippen molar-refractivity contribution in [1.82, 2.24) is 9.78 Å². The van der Waals surface area contributed by atoms with Crippen molar-refractivity contribution in [3.8, 4) is 22.4 Å². The van der Waals surface area contributed by atoms with Crippen molar-refractivity contribution >= 4 is 15.8 Å². The number of hydrogen-bond acceptors (Lipinski definition) is 4. The number of benzene rings is 2. The molecule has 0 saturated heterocycles. The van der Waals surface area contributed by atoms with E-state index in [1.807, 2.05) is 67.8 Å². The summed E-state index contributed by atoms with van der Waals surface area (Å²) in [6, 6.07) is 17.8. The first-order chi connectivity index (χ1) is 11.9. The first kappa shape index (κ1) is 17.2. The lowest BCUT2D eigenvalue weighted by Gasteiger charge is -2.12. The molecule has 0 spiro atoms. The van der Waals surface area contributed by atoms with Gasteiger partial charge in [0.05, 0.1) is 11.4 Å². The monoisotopic (exact) mass is 357 g/mol. The Morgan fingerprint density at radius 3 is 2.48 bits per heavy atom. The highest BCUT2D eigenvalue weighted by Crippen LogP contribution is 2.31. The topological polar surface area (TPSA) is 84.2 Å². The van der Waals surface area contributed by atoms with Crippen LogP contribution in [-0.4, -0.2) is 35.0 Å². The average molecular weight is 357 g/mol. The van der Waals surface area contributed by atoms with E-state index in [1.54, 1.807) is 4.68 Å². The third-order valence-corrected chi connectivity index (χ3v) is 4.51. The van der Waals surface area contributed by atoms with Crippen molar-refractivity contribution in [2.24, 2.45) is 7.05 Å². The van der Waals surface area contributed by atoms with Crippen molar-refractivity contribution in [1.29, 1.82) is 0 Å². The summed E-state index contributed by atoms with van der Waals surface area (Å²) in [6.45, 7) is 0.114. The van der Waals surface area contributed by atoms with Gasteiger partial charge in [0, 0.05) is 31.0 Å². The Morgan fingerprint density at radius 2 is 1.84 bits per heavy atom. The fourth-order valence-corrected chi connectivity index (χ4v) is 2.95. The van der Waals surface area contributed by atoms with Crippen LogP contribution in [0.5, 0.6) is 0 Å². The maximum Gasteiger partial charge on any atom is 0.266 e. The minimum absolute atomic E-state index is 0.114. The van der Waals surface area contributed by atoms with Crippen LogP contribution in [0.25, 0.3) is 22.4 Å². The van der Waals surface area contributed by atoms with E-state index < -0.39 is 10.1 Å². The van der Waals surface area contributed by atoms with Gasteiger partial charge in [-0.15, -0.1) is 0 Å².